The third-order valence-corrected chi connectivity index (χ3v) is 12.3. The Hall–Kier alpha value is -1.22. The van der Waals surface area contributed by atoms with Crippen LogP contribution in [0.15, 0.2) is 18.2 Å². The van der Waals surface area contributed by atoms with Gasteiger partial charge in [-0.15, -0.1) is 0 Å². The van der Waals surface area contributed by atoms with Gasteiger partial charge in [0.25, 0.3) is 0 Å². The summed E-state index contributed by atoms with van der Waals surface area (Å²) in [5.41, 5.74) is 2.06. The molecule has 3 nitrogen and oxygen atoms in total. The number of phenolic OH excluding ortho intramolecular Hbond substituents is 1. The molecule has 0 aromatic heterocycles. The molecular weight excluding hydrogens is 559 g/mol. The molecule has 6 atom stereocenters. The van der Waals surface area contributed by atoms with Crippen LogP contribution in [0.25, 0.3) is 0 Å². The van der Waals surface area contributed by atoms with E-state index in [1.165, 1.54) is 11.1 Å². The molecule has 4 rings (SSSR count). The number of rotatable bonds is 14. The highest BCUT2D eigenvalue weighted by Crippen LogP contribution is 2.65. The van der Waals surface area contributed by atoms with Crippen LogP contribution in [0, 0.1) is 17.3 Å². The summed E-state index contributed by atoms with van der Waals surface area (Å²) in [7, 11) is -1.36. The first-order chi connectivity index (χ1) is 19.3. The van der Waals surface area contributed by atoms with Gasteiger partial charge in [-0.25, -0.2) is 0 Å². The van der Waals surface area contributed by atoms with Crippen LogP contribution in [0.2, 0.25) is 0 Å². The number of hydrogen-bond donors (Lipinski definition) is 2. The van der Waals surface area contributed by atoms with E-state index in [0.29, 0.717) is 35.7 Å². The van der Waals surface area contributed by atoms with Crippen LogP contribution in [-0.2, 0) is 17.2 Å². The van der Waals surface area contributed by atoms with Crippen molar-refractivity contribution in [3.05, 3.63) is 29.3 Å². The maximum atomic E-state index is 12.9. The van der Waals surface area contributed by atoms with Gasteiger partial charge >= 0.3 is 12.1 Å². The normalized spacial score (nSPS) is 30.5. The van der Waals surface area contributed by atoms with Gasteiger partial charge in [-0.3, -0.25) is 4.21 Å². The molecule has 0 bridgehead atoms. The second-order valence-corrected chi connectivity index (χ2v) is 14.9. The largest absolute Gasteiger partial charge is 0.508 e. The van der Waals surface area contributed by atoms with Gasteiger partial charge in [-0.05, 0) is 104 Å². The van der Waals surface area contributed by atoms with Gasteiger partial charge in [0, 0.05) is 28.7 Å². The molecule has 0 heterocycles. The van der Waals surface area contributed by atoms with Gasteiger partial charge in [-0.2, -0.15) is 22.0 Å². The third-order valence-electron chi connectivity index (χ3n) is 10.8. The van der Waals surface area contributed by atoms with E-state index in [0.717, 1.165) is 83.5 Å². The highest BCUT2D eigenvalue weighted by molar-refractivity contribution is 7.84. The van der Waals surface area contributed by atoms with Gasteiger partial charge in [0.05, 0.1) is 5.60 Å². The number of aliphatic hydroxyl groups is 1. The summed E-state index contributed by atoms with van der Waals surface area (Å²) in [6, 6.07) is 5.87. The predicted octanol–water partition coefficient (Wildman–Crippen LogP) is 8.83. The zero-order chi connectivity index (χ0) is 29.9. The molecule has 0 aliphatic heterocycles. The molecule has 0 spiro atoms. The Kier molecular flexibility index (Phi) is 10.5. The Bertz CT molecular complexity index is 1050. The highest BCUT2D eigenvalue weighted by atomic mass is 32.2. The fraction of sp³-hybridized carbons (Fsp3) is 0.812. The van der Waals surface area contributed by atoms with Crippen molar-refractivity contribution in [3.8, 4) is 5.75 Å². The number of aryl methyl sites for hydroxylation is 1. The molecule has 1 aromatic carbocycles. The molecule has 3 aliphatic rings. The predicted molar refractivity (Wildman–Crippen MR) is 153 cm³/mol. The molecule has 3 aliphatic carbocycles. The Balaban J connectivity index is 1.10. The zero-order valence-electron chi connectivity index (χ0n) is 24.3. The molecule has 2 saturated carbocycles. The molecule has 0 amide bonds. The first-order valence-electron chi connectivity index (χ1n) is 15.6. The fourth-order valence-corrected chi connectivity index (χ4v) is 9.55. The molecule has 2 fully saturated rings. The number of aromatic hydroxyl groups is 1. The molecule has 1 aromatic rings. The van der Waals surface area contributed by atoms with Gasteiger partial charge in [0.2, 0.25) is 0 Å². The van der Waals surface area contributed by atoms with Crippen molar-refractivity contribution in [3.63, 3.8) is 0 Å². The number of phenols is 1. The topological polar surface area (TPSA) is 57.5 Å². The van der Waals surface area contributed by atoms with E-state index in [9.17, 15) is 36.4 Å². The lowest BCUT2D eigenvalue weighted by Crippen LogP contribution is -2.50. The maximum Gasteiger partial charge on any atom is 0.453 e. The van der Waals surface area contributed by atoms with E-state index in [1.54, 1.807) is 0 Å². The summed E-state index contributed by atoms with van der Waals surface area (Å²) in [6.07, 6.45) is 6.57. The van der Waals surface area contributed by atoms with Gasteiger partial charge in [0.1, 0.15) is 5.75 Å². The molecule has 41 heavy (non-hydrogen) atoms. The van der Waals surface area contributed by atoms with E-state index in [1.807, 2.05) is 12.1 Å². The summed E-state index contributed by atoms with van der Waals surface area (Å²) < 4.78 is 74.4. The lowest BCUT2D eigenvalue weighted by Gasteiger charge is -2.53. The molecule has 234 valence electrons. The van der Waals surface area contributed by atoms with Crippen LogP contribution in [0.4, 0.5) is 22.0 Å². The number of benzene rings is 1. The lowest BCUT2D eigenvalue weighted by atomic mass is 9.53. The minimum atomic E-state index is -5.54. The van der Waals surface area contributed by atoms with Crippen LogP contribution in [-0.4, -0.2) is 43.6 Å². The molecule has 2 N–H and O–H groups in total. The number of alkyl halides is 5. The Labute approximate surface area is 244 Å². The third kappa shape index (κ3) is 7.30. The van der Waals surface area contributed by atoms with Crippen molar-refractivity contribution in [2.24, 2.45) is 17.3 Å². The molecule has 0 saturated heterocycles. The van der Waals surface area contributed by atoms with Gasteiger partial charge < -0.3 is 10.2 Å². The van der Waals surface area contributed by atoms with Crippen molar-refractivity contribution < 1.29 is 36.4 Å². The van der Waals surface area contributed by atoms with Crippen molar-refractivity contribution in [2.45, 2.75) is 133 Å². The zero-order valence-corrected chi connectivity index (χ0v) is 25.1. The number of hydrogen-bond acceptors (Lipinski definition) is 3. The molecule has 9 heteroatoms. The van der Waals surface area contributed by atoms with Crippen LogP contribution in [0.5, 0.6) is 5.75 Å². The number of unbranched alkanes of at least 4 members (excludes halogenated alkanes) is 6. The minimum Gasteiger partial charge on any atom is -0.508 e. The summed E-state index contributed by atoms with van der Waals surface area (Å²) in [5, 5.41) is 21.8. The second kappa shape index (κ2) is 13.2. The highest BCUT2D eigenvalue weighted by Gasteiger charge is 2.61. The van der Waals surface area contributed by atoms with Crippen molar-refractivity contribution in [1.29, 1.82) is 0 Å². The van der Waals surface area contributed by atoms with Crippen LogP contribution < -0.4 is 0 Å². The Morgan fingerprint density at radius 3 is 2.27 bits per heavy atom. The summed E-state index contributed by atoms with van der Waals surface area (Å²) in [5.74, 6) is -2.44. The van der Waals surface area contributed by atoms with E-state index in [-0.39, 0.29) is 11.2 Å². The molecular formula is C32H47F5O3S. The number of fused-ring (bicyclic) bond motifs is 5. The minimum absolute atomic E-state index is 0.0408. The average molecular weight is 607 g/mol. The summed E-state index contributed by atoms with van der Waals surface area (Å²) >= 11 is 0. The van der Waals surface area contributed by atoms with E-state index >= 15 is 0 Å². The van der Waals surface area contributed by atoms with Crippen LogP contribution in [0.3, 0.4) is 0 Å². The van der Waals surface area contributed by atoms with E-state index in [4.69, 9.17) is 0 Å². The van der Waals surface area contributed by atoms with Crippen LogP contribution in [0.1, 0.15) is 120 Å². The Morgan fingerprint density at radius 1 is 0.902 bits per heavy atom. The van der Waals surface area contributed by atoms with Gasteiger partial charge in [0.15, 0.2) is 0 Å². The van der Waals surface area contributed by atoms with E-state index in [2.05, 4.69) is 13.0 Å². The first kappa shape index (κ1) is 32.7. The SMILES string of the molecule is C[C@]12CC[C@@H]3c4ccc(O)cc4CC[C@H]3[C@@H]1CC[C@@]2(O)CCCCCCCCCS(=O)CCCC(F)(F)C(F)(F)F. The second-order valence-electron chi connectivity index (χ2n) is 13.2. The number of halogens is 5. The average Bonchev–Trinajstić information content (AvgIpc) is 3.17. The van der Waals surface area contributed by atoms with Gasteiger partial charge in [-0.1, -0.05) is 51.5 Å². The van der Waals surface area contributed by atoms with Crippen molar-refractivity contribution in [1.82, 2.24) is 0 Å². The first-order valence-corrected chi connectivity index (χ1v) is 17.1. The molecule has 1 unspecified atom stereocenters. The fourth-order valence-electron chi connectivity index (χ4n) is 8.35. The smallest absolute Gasteiger partial charge is 0.453 e. The standard InChI is InChI=1S/C32H47F5O3S/c1-29-18-14-26-25-13-11-24(38)22-23(25)10-12-27(26)28(29)15-19-30(29,39)16-7-5-3-2-4-6-8-20-41(40)21-9-17-31(33,34)32(35,36)37/h11,13,22,26-28,38-39H,2-10,12,14-21H2,1H3/t26-,27-,28+,29+,30+,41?/m1/s1. The van der Waals surface area contributed by atoms with Crippen molar-refractivity contribution in [2.75, 3.05) is 11.5 Å². The summed E-state index contributed by atoms with van der Waals surface area (Å²) in [6.45, 7) is 2.33. The van der Waals surface area contributed by atoms with Crippen LogP contribution >= 0.6 is 0 Å². The van der Waals surface area contributed by atoms with E-state index < -0.39 is 41.3 Å². The quantitative estimate of drug-likeness (QED) is 0.164. The molecule has 0 radical (unpaired) electrons. The Morgan fingerprint density at radius 2 is 1.56 bits per heavy atom. The lowest BCUT2D eigenvalue weighted by molar-refractivity contribution is -0.284. The summed E-state index contributed by atoms with van der Waals surface area (Å²) in [4.78, 5) is 0. The maximum absolute atomic E-state index is 12.9. The monoisotopic (exact) mass is 606 g/mol. The van der Waals surface area contributed by atoms with Crippen molar-refractivity contribution >= 4 is 10.8 Å².